The molecule has 1 heterocycles. The van der Waals surface area contributed by atoms with Crippen LogP contribution in [0, 0.1) is 5.82 Å². The molecule has 0 aliphatic rings. The molecule has 0 fully saturated rings. The molecule has 0 N–H and O–H groups in total. The fraction of sp³-hybridized carbons (Fsp3) is 0.0909. The molecule has 152 valence electrons. The molecule has 4 rings (SSSR count). The molecule has 0 saturated carbocycles. The molecule has 0 atom stereocenters. The van der Waals surface area contributed by atoms with E-state index in [1.807, 2.05) is 6.07 Å². The molecular weight excluding hydrogens is 416 g/mol. The Labute approximate surface area is 173 Å². The number of rotatable bonds is 4. The van der Waals surface area contributed by atoms with Crippen LogP contribution in [0.3, 0.4) is 0 Å². The summed E-state index contributed by atoms with van der Waals surface area (Å²) in [7, 11) is 0. The van der Waals surface area contributed by atoms with Gasteiger partial charge in [-0.1, -0.05) is 53.8 Å². The lowest BCUT2D eigenvalue weighted by Gasteiger charge is -2.20. The number of amides is 1. The molecule has 1 aromatic heterocycles. The van der Waals surface area contributed by atoms with Crippen molar-refractivity contribution in [1.29, 1.82) is 0 Å². The van der Waals surface area contributed by atoms with Gasteiger partial charge in [0.05, 0.1) is 16.8 Å². The summed E-state index contributed by atoms with van der Waals surface area (Å²) >= 11 is 1.10. The number of alkyl halides is 3. The number of thiazole rings is 1. The summed E-state index contributed by atoms with van der Waals surface area (Å²) in [6.45, 7) is 0.0807. The lowest BCUT2D eigenvalue weighted by Crippen LogP contribution is -2.30. The van der Waals surface area contributed by atoms with Crippen LogP contribution >= 0.6 is 11.3 Å². The Morgan fingerprint density at radius 2 is 1.70 bits per heavy atom. The first-order valence-corrected chi connectivity index (χ1v) is 9.73. The monoisotopic (exact) mass is 430 g/mol. The summed E-state index contributed by atoms with van der Waals surface area (Å²) in [4.78, 5) is 18.7. The topological polar surface area (TPSA) is 33.2 Å². The number of nitrogens with zero attached hydrogens (tertiary/aromatic N) is 2. The third kappa shape index (κ3) is 4.04. The van der Waals surface area contributed by atoms with Crippen LogP contribution in [0.15, 0.2) is 72.8 Å². The Morgan fingerprint density at radius 3 is 2.40 bits per heavy atom. The van der Waals surface area contributed by atoms with Gasteiger partial charge >= 0.3 is 6.18 Å². The Balaban J connectivity index is 1.78. The van der Waals surface area contributed by atoms with Crippen LogP contribution < -0.4 is 4.90 Å². The second-order valence-corrected chi connectivity index (χ2v) is 7.55. The van der Waals surface area contributed by atoms with Gasteiger partial charge in [0.15, 0.2) is 5.13 Å². The molecule has 0 saturated heterocycles. The van der Waals surface area contributed by atoms with Crippen LogP contribution in [0.2, 0.25) is 0 Å². The van der Waals surface area contributed by atoms with Gasteiger partial charge in [-0.25, -0.2) is 9.37 Å². The molecular formula is C22H14F4N2OS. The molecule has 3 aromatic carbocycles. The number of carbonyl (C=O) groups excluding carboxylic acids is 1. The van der Waals surface area contributed by atoms with Gasteiger partial charge in [0.25, 0.3) is 5.91 Å². The molecule has 0 aliphatic heterocycles. The van der Waals surface area contributed by atoms with E-state index in [4.69, 9.17) is 0 Å². The standard InChI is InChI=1S/C22H14F4N2OS/c23-17-10-5-11-18-19(17)27-21(30-18)28(13-14-6-2-1-3-7-14)20(29)15-8-4-9-16(12-15)22(24,25)26/h1-12H,13H2. The van der Waals surface area contributed by atoms with Gasteiger partial charge in [0.1, 0.15) is 11.3 Å². The van der Waals surface area contributed by atoms with Crippen LogP contribution in [0.5, 0.6) is 0 Å². The van der Waals surface area contributed by atoms with Gasteiger partial charge in [-0.3, -0.25) is 9.69 Å². The third-order valence-electron chi connectivity index (χ3n) is 4.45. The first kappa shape index (κ1) is 20.0. The summed E-state index contributed by atoms with van der Waals surface area (Å²) in [5, 5.41) is 0.210. The minimum atomic E-state index is -4.57. The molecule has 0 aliphatic carbocycles. The predicted molar refractivity (Wildman–Crippen MR) is 108 cm³/mol. The Morgan fingerprint density at radius 1 is 0.967 bits per heavy atom. The number of hydrogen-bond acceptors (Lipinski definition) is 3. The summed E-state index contributed by atoms with van der Waals surface area (Å²) in [5.74, 6) is -1.18. The molecule has 3 nitrogen and oxygen atoms in total. The number of aromatic nitrogens is 1. The Bertz CT molecular complexity index is 1200. The van der Waals surface area contributed by atoms with Crippen molar-refractivity contribution in [3.8, 4) is 0 Å². The van der Waals surface area contributed by atoms with Crippen LogP contribution in [0.4, 0.5) is 22.7 Å². The van der Waals surface area contributed by atoms with Crippen LogP contribution in [0.1, 0.15) is 21.5 Å². The number of anilines is 1. The molecule has 8 heteroatoms. The van der Waals surface area contributed by atoms with Crippen LogP contribution in [-0.2, 0) is 12.7 Å². The fourth-order valence-electron chi connectivity index (χ4n) is 3.00. The number of halogens is 4. The summed E-state index contributed by atoms with van der Waals surface area (Å²) < 4.78 is 54.0. The van der Waals surface area contributed by atoms with Gasteiger partial charge in [-0.15, -0.1) is 0 Å². The normalized spacial score (nSPS) is 11.6. The van der Waals surface area contributed by atoms with E-state index in [1.165, 1.54) is 29.2 Å². The Hall–Kier alpha value is -3.26. The zero-order valence-electron chi connectivity index (χ0n) is 15.4. The van der Waals surface area contributed by atoms with Gasteiger partial charge in [0, 0.05) is 5.56 Å². The zero-order valence-corrected chi connectivity index (χ0v) is 16.2. The summed E-state index contributed by atoms with van der Waals surface area (Å²) in [6, 6.07) is 17.7. The van der Waals surface area contributed by atoms with Crippen molar-refractivity contribution >= 4 is 32.6 Å². The number of fused-ring (bicyclic) bond motifs is 1. The minimum absolute atomic E-state index is 0.0807. The maximum absolute atomic E-state index is 14.1. The fourth-order valence-corrected chi connectivity index (χ4v) is 3.97. The number of carbonyl (C=O) groups is 1. The third-order valence-corrected chi connectivity index (χ3v) is 5.50. The van der Waals surface area contributed by atoms with E-state index in [0.29, 0.717) is 4.70 Å². The highest BCUT2D eigenvalue weighted by Crippen LogP contribution is 2.33. The minimum Gasteiger partial charge on any atom is -0.279 e. The van der Waals surface area contributed by atoms with E-state index in [0.717, 1.165) is 29.0 Å². The lowest BCUT2D eigenvalue weighted by atomic mass is 10.1. The van der Waals surface area contributed by atoms with E-state index < -0.39 is 23.5 Å². The maximum atomic E-state index is 14.1. The highest BCUT2D eigenvalue weighted by Gasteiger charge is 2.32. The number of hydrogen-bond donors (Lipinski definition) is 0. The first-order valence-electron chi connectivity index (χ1n) is 8.91. The van der Waals surface area contributed by atoms with Crippen molar-refractivity contribution in [3.63, 3.8) is 0 Å². The van der Waals surface area contributed by atoms with Crippen LogP contribution in [-0.4, -0.2) is 10.9 Å². The van der Waals surface area contributed by atoms with Gasteiger partial charge in [0.2, 0.25) is 0 Å². The molecule has 1 amide bonds. The highest BCUT2D eigenvalue weighted by atomic mass is 32.1. The molecule has 0 unspecified atom stereocenters. The second kappa shape index (κ2) is 7.87. The molecule has 0 spiro atoms. The number of benzene rings is 3. The van der Waals surface area contributed by atoms with Crippen molar-refractivity contribution in [2.75, 3.05) is 4.90 Å². The van der Waals surface area contributed by atoms with Crippen molar-refractivity contribution in [2.45, 2.75) is 12.7 Å². The van der Waals surface area contributed by atoms with Gasteiger partial charge in [-0.05, 0) is 35.9 Å². The van der Waals surface area contributed by atoms with E-state index in [-0.39, 0.29) is 22.8 Å². The zero-order chi connectivity index (χ0) is 21.3. The van der Waals surface area contributed by atoms with Crippen molar-refractivity contribution in [2.24, 2.45) is 0 Å². The van der Waals surface area contributed by atoms with E-state index in [9.17, 15) is 22.4 Å². The van der Waals surface area contributed by atoms with E-state index >= 15 is 0 Å². The van der Waals surface area contributed by atoms with Crippen molar-refractivity contribution in [1.82, 2.24) is 4.98 Å². The van der Waals surface area contributed by atoms with E-state index in [2.05, 4.69) is 4.98 Å². The first-order chi connectivity index (χ1) is 14.3. The average Bonchev–Trinajstić information content (AvgIpc) is 3.17. The molecule has 0 bridgehead atoms. The SMILES string of the molecule is O=C(c1cccc(C(F)(F)F)c1)N(Cc1ccccc1)c1nc2c(F)cccc2s1. The predicted octanol–water partition coefficient (Wildman–Crippen LogP) is 6.30. The highest BCUT2D eigenvalue weighted by molar-refractivity contribution is 7.22. The average molecular weight is 430 g/mol. The molecule has 30 heavy (non-hydrogen) atoms. The van der Waals surface area contributed by atoms with Gasteiger partial charge in [-0.2, -0.15) is 13.2 Å². The lowest BCUT2D eigenvalue weighted by molar-refractivity contribution is -0.137. The van der Waals surface area contributed by atoms with Crippen LogP contribution in [0.25, 0.3) is 10.2 Å². The quantitative estimate of drug-likeness (QED) is 0.356. The summed E-state index contributed by atoms with van der Waals surface area (Å²) in [6.07, 6.45) is -4.57. The largest absolute Gasteiger partial charge is 0.416 e. The Kier molecular flexibility index (Phi) is 5.26. The van der Waals surface area contributed by atoms with E-state index in [1.54, 1.807) is 30.3 Å². The molecule has 0 radical (unpaired) electrons. The summed E-state index contributed by atoms with van der Waals surface area (Å²) in [5.41, 5.74) is -0.159. The van der Waals surface area contributed by atoms with Crippen molar-refractivity contribution in [3.05, 3.63) is 95.3 Å². The van der Waals surface area contributed by atoms with Gasteiger partial charge < -0.3 is 0 Å². The smallest absolute Gasteiger partial charge is 0.279 e. The number of para-hydroxylation sites is 1. The molecule has 4 aromatic rings. The second-order valence-electron chi connectivity index (χ2n) is 6.54. The van der Waals surface area contributed by atoms with Crippen molar-refractivity contribution < 1.29 is 22.4 Å². The maximum Gasteiger partial charge on any atom is 0.416 e.